The molecule has 2 aromatic rings. The SMILES string of the molecule is CCn1nc(C(=O)NC2CC2)c(C)c1Oc1ccc([N+](=O)[O-])cc1S(=O)(=O)NC(C)C. The normalized spacial score (nSPS) is 14.0. The van der Waals surface area contributed by atoms with Crippen molar-refractivity contribution in [3.05, 3.63) is 39.6 Å². The minimum atomic E-state index is -4.10. The van der Waals surface area contributed by atoms with Gasteiger partial charge in [-0.1, -0.05) is 0 Å². The van der Waals surface area contributed by atoms with Gasteiger partial charge < -0.3 is 10.1 Å². The summed E-state index contributed by atoms with van der Waals surface area (Å²) in [6.07, 6.45) is 1.85. The zero-order chi connectivity index (χ0) is 22.9. The Morgan fingerprint density at radius 1 is 1.39 bits per heavy atom. The third-order valence-electron chi connectivity index (χ3n) is 4.58. The fourth-order valence-electron chi connectivity index (χ4n) is 2.96. The van der Waals surface area contributed by atoms with Crippen molar-refractivity contribution in [1.82, 2.24) is 19.8 Å². The third kappa shape index (κ3) is 5.02. The van der Waals surface area contributed by atoms with Gasteiger partial charge in [0.15, 0.2) is 5.69 Å². The summed E-state index contributed by atoms with van der Waals surface area (Å²) in [6.45, 7) is 7.09. The average Bonchev–Trinajstić information content (AvgIpc) is 3.44. The van der Waals surface area contributed by atoms with Gasteiger partial charge >= 0.3 is 0 Å². The van der Waals surface area contributed by atoms with Crippen molar-refractivity contribution in [2.75, 3.05) is 0 Å². The molecule has 31 heavy (non-hydrogen) atoms. The lowest BCUT2D eigenvalue weighted by molar-refractivity contribution is -0.385. The Hall–Kier alpha value is -2.99. The van der Waals surface area contributed by atoms with E-state index in [4.69, 9.17) is 4.74 Å². The molecular formula is C19H25N5O6S. The molecule has 3 rings (SSSR count). The second-order valence-electron chi connectivity index (χ2n) is 7.61. The maximum Gasteiger partial charge on any atom is 0.272 e. The molecular weight excluding hydrogens is 426 g/mol. The first-order chi connectivity index (χ1) is 14.5. The summed E-state index contributed by atoms with van der Waals surface area (Å²) in [5.74, 6) is -0.237. The van der Waals surface area contributed by atoms with Gasteiger partial charge in [-0.2, -0.15) is 5.10 Å². The van der Waals surface area contributed by atoms with Gasteiger partial charge in [-0.25, -0.2) is 17.8 Å². The van der Waals surface area contributed by atoms with E-state index in [1.807, 2.05) is 0 Å². The number of hydrogen-bond acceptors (Lipinski definition) is 7. The van der Waals surface area contributed by atoms with Crippen molar-refractivity contribution in [2.45, 2.75) is 64.1 Å². The van der Waals surface area contributed by atoms with Crippen molar-refractivity contribution in [3.8, 4) is 11.6 Å². The van der Waals surface area contributed by atoms with Crippen molar-refractivity contribution in [1.29, 1.82) is 0 Å². The number of carbonyl (C=O) groups excluding carboxylic acids is 1. The van der Waals surface area contributed by atoms with Crippen LogP contribution in [0.25, 0.3) is 0 Å². The van der Waals surface area contributed by atoms with Gasteiger partial charge in [-0.05, 0) is 46.6 Å². The zero-order valence-electron chi connectivity index (χ0n) is 17.7. The molecule has 1 heterocycles. The van der Waals surface area contributed by atoms with Gasteiger partial charge in [0.25, 0.3) is 11.6 Å². The van der Waals surface area contributed by atoms with Gasteiger partial charge in [-0.15, -0.1) is 0 Å². The van der Waals surface area contributed by atoms with Crippen LogP contribution in [0.3, 0.4) is 0 Å². The van der Waals surface area contributed by atoms with Gasteiger partial charge in [-0.3, -0.25) is 14.9 Å². The highest BCUT2D eigenvalue weighted by atomic mass is 32.2. The van der Waals surface area contributed by atoms with Gasteiger partial charge in [0, 0.05) is 36.3 Å². The summed E-state index contributed by atoms with van der Waals surface area (Å²) in [5, 5.41) is 18.4. The first-order valence-electron chi connectivity index (χ1n) is 9.90. The number of hydrogen-bond donors (Lipinski definition) is 2. The van der Waals surface area contributed by atoms with Crippen LogP contribution in [0, 0.1) is 17.0 Å². The van der Waals surface area contributed by atoms with Crippen LogP contribution in [0.4, 0.5) is 5.69 Å². The van der Waals surface area contributed by atoms with E-state index in [2.05, 4.69) is 15.1 Å². The number of aryl methyl sites for hydroxylation is 1. The maximum absolute atomic E-state index is 12.8. The molecule has 0 radical (unpaired) electrons. The number of nitro benzene ring substituents is 1. The fourth-order valence-corrected chi connectivity index (χ4v) is 4.36. The molecule has 0 aliphatic heterocycles. The van der Waals surface area contributed by atoms with Gasteiger partial charge in [0.05, 0.1) is 4.92 Å². The largest absolute Gasteiger partial charge is 0.438 e. The van der Waals surface area contributed by atoms with Crippen LogP contribution in [0.15, 0.2) is 23.1 Å². The molecule has 1 fully saturated rings. The minimum absolute atomic E-state index is 0.106. The zero-order valence-corrected chi connectivity index (χ0v) is 18.5. The topological polar surface area (TPSA) is 145 Å². The number of rotatable bonds is 9. The Labute approximate surface area is 180 Å². The standard InChI is InChI=1S/C19H25N5O6S/c1-5-23-19(12(4)17(21-23)18(25)20-13-6-7-13)30-15-9-8-14(24(26)27)10-16(15)31(28,29)22-11(2)3/h8-11,13,22H,5-7H2,1-4H3,(H,20,25). The summed E-state index contributed by atoms with van der Waals surface area (Å²) in [7, 11) is -4.10. The molecule has 0 atom stereocenters. The monoisotopic (exact) mass is 451 g/mol. The molecule has 1 aromatic carbocycles. The van der Waals surface area contributed by atoms with E-state index in [0.29, 0.717) is 12.1 Å². The molecule has 1 aliphatic rings. The molecule has 1 aliphatic carbocycles. The molecule has 0 bridgehead atoms. The molecule has 168 valence electrons. The second-order valence-corrected chi connectivity index (χ2v) is 9.29. The number of ether oxygens (including phenoxy) is 1. The Morgan fingerprint density at radius 3 is 2.61 bits per heavy atom. The summed E-state index contributed by atoms with van der Waals surface area (Å²) in [5.41, 5.74) is 0.246. The first-order valence-corrected chi connectivity index (χ1v) is 11.4. The van der Waals surface area contributed by atoms with Crippen LogP contribution >= 0.6 is 0 Å². The Balaban J connectivity index is 2.04. The van der Waals surface area contributed by atoms with Crippen LogP contribution in [-0.4, -0.2) is 41.1 Å². The van der Waals surface area contributed by atoms with Crippen LogP contribution in [-0.2, 0) is 16.6 Å². The number of nitrogens with zero attached hydrogens (tertiary/aromatic N) is 3. The van der Waals surface area contributed by atoms with Gasteiger partial charge in [0.2, 0.25) is 15.9 Å². The Bertz CT molecular complexity index is 1120. The van der Waals surface area contributed by atoms with E-state index in [1.165, 1.54) is 10.7 Å². The summed E-state index contributed by atoms with van der Waals surface area (Å²) < 4.78 is 35.4. The minimum Gasteiger partial charge on any atom is -0.438 e. The predicted octanol–water partition coefficient (Wildman–Crippen LogP) is 2.49. The third-order valence-corrected chi connectivity index (χ3v) is 6.26. The summed E-state index contributed by atoms with van der Waals surface area (Å²) >= 11 is 0. The second kappa shape index (κ2) is 8.63. The molecule has 2 N–H and O–H groups in total. The number of aromatic nitrogens is 2. The fraction of sp³-hybridized carbons (Fsp3) is 0.474. The van der Waals surface area contributed by atoms with Crippen molar-refractivity contribution < 1.29 is 22.9 Å². The molecule has 1 saturated carbocycles. The van der Waals surface area contributed by atoms with Crippen molar-refractivity contribution >= 4 is 21.6 Å². The predicted molar refractivity (Wildman–Crippen MR) is 112 cm³/mol. The molecule has 1 aromatic heterocycles. The number of carbonyl (C=O) groups is 1. The average molecular weight is 452 g/mol. The number of benzene rings is 1. The van der Waals surface area contributed by atoms with Crippen LogP contribution in [0.2, 0.25) is 0 Å². The number of nitrogens with one attached hydrogen (secondary N) is 2. The van der Waals surface area contributed by atoms with Crippen LogP contribution < -0.4 is 14.8 Å². The molecule has 11 nitrogen and oxygen atoms in total. The molecule has 1 amide bonds. The smallest absolute Gasteiger partial charge is 0.272 e. The number of non-ortho nitro benzene ring substituents is 1. The first kappa shape index (κ1) is 22.7. The highest BCUT2D eigenvalue weighted by Gasteiger charge is 2.29. The van der Waals surface area contributed by atoms with Crippen molar-refractivity contribution in [2.24, 2.45) is 0 Å². The van der Waals surface area contributed by atoms with E-state index in [9.17, 15) is 23.3 Å². The molecule has 0 saturated heterocycles. The number of nitro groups is 1. The van der Waals surface area contributed by atoms with Crippen molar-refractivity contribution in [3.63, 3.8) is 0 Å². The Morgan fingerprint density at radius 2 is 2.06 bits per heavy atom. The number of amides is 1. The lowest BCUT2D eigenvalue weighted by atomic mass is 10.2. The highest BCUT2D eigenvalue weighted by molar-refractivity contribution is 7.89. The lowest BCUT2D eigenvalue weighted by Gasteiger charge is -2.15. The highest BCUT2D eigenvalue weighted by Crippen LogP contribution is 2.34. The van der Waals surface area contributed by atoms with E-state index < -0.39 is 21.0 Å². The van der Waals surface area contributed by atoms with E-state index in [-0.39, 0.29) is 39.9 Å². The van der Waals surface area contributed by atoms with Crippen LogP contribution in [0.5, 0.6) is 11.6 Å². The van der Waals surface area contributed by atoms with Gasteiger partial charge in [0.1, 0.15) is 10.6 Å². The van der Waals surface area contributed by atoms with E-state index in [1.54, 1.807) is 27.7 Å². The molecule has 12 heteroatoms. The summed E-state index contributed by atoms with van der Waals surface area (Å²) in [6, 6.07) is 3.05. The Kier molecular flexibility index (Phi) is 6.32. The van der Waals surface area contributed by atoms with Crippen LogP contribution in [0.1, 0.15) is 49.7 Å². The van der Waals surface area contributed by atoms with E-state index in [0.717, 1.165) is 25.0 Å². The molecule has 0 spiro atoms. The lowest BCUT2D eigenvalue weighted by Crippen LogP contribution is -2.30. The summed E-state index contributed by atoms with van der Waals surface area (Å²) in [4.78, 5) is 22.6. The number of sulfonamides is 1. The quantitative estimate of drug-likeness (QED) is 0.440. The molecule has 0 unspecified atom stereocenters. The van der Waals surface area contributed by atoms with E-state index >= 15 is 0 Å². The maximum atomic E-state index is 12.8.